The van der Waals surface area contributed by atoms with E-state index in [1.54, 1.807) is 4.68 Å². The Balaban J connectivity index is 1.63. The van der Waals surface area contributed by atoms with Crippen LogP contribution in [0.5, 0.6) is 5.75 Å². The number of aromatic nitrogens is 2. The fourth-order valence-corrected chi connectivity index (χ4v) is 2.95. The van der Waals surface area contributed by atoms with Gasteiger partial charge >= 0.3 is 6.09 Å². The number of rotatable bonds is 6. The van der Waals surface area contributed by atoms with E-state index in [4.69, 9.17) is 4.74 Å². The molecule has 1 aromatic heterocycles. The minimum atomic E-state index is -0.687. The molecule has 0 aliphatic heterocycles. The summed E-state index contributed by atoms with van der Waals surface area (Å²) in [6.07, 6.45) is 2.83. The normalized spacial score (nSPS) is 13.0. The van der Waals surface area contributed by atoms with Crippen LogP contribution in [-0.2, 0) is 0 Å². The van der Waals surface area contributed by atoms with Crippen molar-refractivity contribution >= 4 is 17.6 Å². The number of amides is 1. The second-order valence-electron chi connectivity index (χ2n) is 6.62. The number of non-ortho nitro benzene ring substituents is 1. The van der Waals surface area contributed by atoms with Crippen molar-refractivity contribution in [1.29, 1.82) is 0 Å². The predicted octanol–water partition coefficient (Wildman–Crippen LogP) is 4.81. The standard InChI is InChI=1S/C21H18N4O4/c1-2-23(21(26)29-18-12-10-17(11-13-18)25(27)28)20-14-19(15-8-9-15)22-24(20)16-6-4-3-5-7-16/h2-7,10-15H,1,8-9H2. The highest BCUT2D eigenvalue weighted by Gasteiger charge is 2.30. The molecule has 1 aliphatic rings. The summed E-state index contributed by atoms with van der Waals surface area (Å²) in [5.41, 5.74) is 1.64. The van der Waals surface area contributed by atoms with Crippen LogP contribution in [0.15, 0.2) is 73.4 Å². The number of hydrogen-bond acceptors (Lipinski definition) is 5. The largest absolute Gasteiger partial charge is 0.425 e. The molecular weight excluding hydrogens is 372 g/mol. The van der Waals surface area contributed by atoms with E-state index in [9.17, 15) is 14.9 Å². The van der Waals surface area contributed by atoms with Crippen molar-refractivity contribution in [3.63, 3.8) is 0 Å². The lowest BCUT2D eigenvalue weighted by molar-refractivity contribution is -0.384. The quantitative estimate of drug-likeness (QED) is 0.445. The predicted molar refractivity (Wildman–Crippen MR) is 107 cm³/mol. The summed E-state index contributed by atoms with van der Waals surface area (Å²) < 4.78 is 7.07. The summed E-state index contributed by atoms with van der Waals surface area (Å²) in [5.74, 6) is 1.11. The summed E-state index contributed by atoms with van der Waals surface area (Å²) in [6, 6.07) is 16.7. The molecular formula is C21H18N4O4. The van der Waals surface area contributed by atoms with Crippen LogP contribution >= 0.6 is 0 Å². The van der Waals surface area contributed by atoms with Crippen LogP contribution in [-0.4, -0.2) is 20.8 Å². The number of nitro benzene ring substituents is 1. The van der Waals surface area contributed by atoms with Gasteiger partial charge < -0.3 is 4.74 Å². The summed E-state index contributed by atoms with van der Waals surface area (Å²) >= 11 is 0. The molecule has 0 atom stereocenters. The number of ether oxygens (including phenoxy) is 1. The van der Waals surface area contributed by atoms with Crippen molar-refractivity contribution in [2.45, 2.75) is 18.8 Å². The average Bonchev–Trinajstić information content (AvgIpc) is 3.49. The van der Waals surface area contributed by atoms with Gasteiger partial charge in [-0.2, -0.15) is 5.10 Å². The number of para-hydroxylation sites is 1. The second-order valence-corrected chi connectivity index (χ2v) is 6.62. The molecule has 0 saturated heterocycles. The van der Waals surface area contributed by atoms with Gasteiger partial charge in [0.25, 0.3) is 5.69 Å². The molecule has 0 unspecified atom stereocenters. The molecule has 1 saturated carbocycles. The van der Waals surface area contributed by atoms with Crippen molar-refractivity contribution in [2.75, 3.05) is 4.90 Å². The number of anilines is 1. The van der Waals surface area contributed by atoms with Crippen LogP contribution in [0.4, 0.5) is 16.3 Å². The van der Waals surface area contributed by atoms with Crippen molar-refractivity contribution < 1.29 is 14.5 Å². The van der Waals surface area contributed by atoms with Crippen LogP contribution in [0.2, 0.25) is 0 Å². The monoisotopic (exact) mass is 390 g/mol. The fraction of sp³-hybridized carbons (Fsp3) is 0.143. The zero-order valence-corrected chi connectivity index (χ0v) is 15.5. The smallest absolute Gasteiger partial charge is 0.410 e. The van der Waals surface area contributed by atoms with Crippen LogP contribution in [0.1, 0.15) is 24.5 Å². The molecule has 29 heavy (non-hydrogen) atoms. The van der Waals surface area contributed by atoms with Gasteiger partial charge in [0.15, 0.2) is 0 Å². The molecule has 146 valence electrons. The lowest BCUT2D eigenvalue weighted by Crippen LogP contribution is -2.30. The van der Waals surface area contributed by atoms with E-state index in [1.165, 1.54) is 35.4 Å². The van der Waals surface area contributed by atoms with E-state index >= 15 is 0 Å². The maximum atomic E-state index is 12.8. The maximum Gasteiger partial charge on any atom is 0.425 e. The van der Waals surface area contributed by atoms with Gasteiger partial charge in [0.05, 0.1) is 16.3 Å². The molecule has 1 amide bonds. The third kappa shape index (κ3) is 3.86. The summed E-state index contributed by atoms with van der Waals surface area (Å²) in [7, 11) is 0. The Hall–Kier alpha value is -3.94. The van der Waals surface area contributed by atoms with Gasteiger partial charge in [0.1, 0.15) is 11.6 Å². The summed E-state index contributed by atoms with van der Waals surface area (Å²) in [6.45, 7) is 3.74. The van der Waals surface area contributed by atoms with Gasteiger partial charge in [-0.3, -0.25) is 10.1 Å². The van der Waals surface area contributed by atoms with E-state index in [0.29, 0.717) is 11.7 Å². The van der Waals surface area contributed by atoms with Gasteiger partial charge in [-0.25, -0.2) is 14.4 Å². The lowest BCUT2D eigenvalue weighted by atomic mass is 10.3. The minimum Gasteiger partial charge on any atom is -0.410 e. The molecule has 3 aromatic rings. The molecule has 0 spiro atoms. The third-order valence-electron chi connectivity index (χ3n) is 4.58. The van der Waals surface area contributed by atoms with Crippen molar-refractivity contribution in [3.8, 4) is 11.4 Å². The van der Waals surface area contributed by atoms with E-state index in [1.807, 2.05) is 36.4 Å². The molecule has 0 radical (unpaired) electrons. The Bertz CT molecular complexity index is 1060. The number of nitro groups is 1. The van der Waals surface area contributed by atoms with Gasteiger partial charge in [-0.1, -0.05) is 24.8 Å². The Morgan fingerprint density at radius 1 is 1.21 bits per heavy atom. The molecule has 8 nitrogen and oxygen atoms in total. The maximum absolute atomic E-state index is 12.8. The van der Waals surface area contributed by atoms with E-state index in [2.05, 4.69) is 11.7 Å². The highest BCUT2D eigenvalue weighted by atomic mass is 16.6. The van der Waals surface area contributed by atoms with Crippen LogP contribution in [0.25, 0.3) is 5.69 Å². The molecule has 1 fully saturated rings. The van der Waals surface area contributed by atoms with Crippen molar-refractivity contribution in [2.24, 2.45) is 0 Å². The Morgan fingerprint density at radius 3 is 2.48 bits per heavy atom. The Kier molecular flexibility index (Phi) is 4.82. The summed E-state index contributed by atoms with van der Waals surface area (Å²) in [4.78, 5) is 24.3. The average molecular weight is 390 g/mol. The van der Waals surface area contributed by atoms with E-state index in [0.717, 1.165) is 24.2 Å². The number of benzene rings is 2. The van der Waals surface area contributed by atoms with Crippen LogP contribution in [0, 0.1) is 10.1 Å². The summed E-state index contributed by atoms with van der Waals surface area (Å²) in [5, 5.41) is 15.5. The van der Waals surface area contributed by atoms with Crippen molar-refractivity contribution in [1.82, 2.24) is 9.78 Å². The van der Waals surface area contributed by atoms with Gasteiger partial charge in [-0.05, 0) is 37.1 Å². The van der Waals surface area contributed by atoms with E-state index in [-0.39, 0.29) is 11.4 Å². The number of carbonyl (C=O) groups is 1. The highest BCUT2D eigenvalue weighted by Crippen LogP contribution is 2.41. The first-order chi connectivity index (χ1) is 14.1. The van der Waals surface area contributed by atoms with Crippen molar-refractivity contribution in [3.05, 3.63) is 89.3 Å². The van der Waals surface area contributed by atoms with Gasteiger partial charge in [-0.15, -0.1) is 0 Å². The Labute approximate surface area is 166 Å². The first-order valence-electron chi connectivity index (χ1n) is 9.10. The first kappa shape index (κ1) is 18.4. The number of carbonyl (C=O) groups excluding carboxylic acids is 1. The third-order valence-corrected chi connectivity index (χ3v) is 4.58. The SMILES string of the molecule is C=CN(C(=O)Oc1ccc([N+](=O)[O-])cc1)c1cc(C2CC2)nn1-c1ccccc1. The second kappa shape index (κ2) is 7.59. The van der Waals surface area contributed by atoms with Crippen LogP contribution in [0.3, 0.4) is 0 Å². The number of hydrogen-bond donors (Lipinski definition) is 0. The lowest BCUT2D eigenvalue weighted by Gasteiger charge is -2.18. The fourth-order valence-electron chi connectivity index (χ4n) is 2.95. The van der Waals surface area contributed by atoms with Gasteiger partial charge in [0, 0.05) is 30.3 Å². The minimum absolute atomic E-state index is 0.0818. The zero-order valence-electron chi connectivity index (χ0n) is 15.5. The molecule has 2 aromatic carbocycles. The van der Waals surface area contributed by atoms with Crippen LogP contribution < -0.4 is 9.64 Å². The number of nitrogens with zero attached hydrogens (tertiary/aromatic N) is 4. The van der Waals surface area contributed by atoms with E-state index < -0.39 is 11.0 Å². The highest BCUT2D eigenvalue weighted by molar-refractivity contribution is 5.90. The molecule has 1 heterocycles. The molecule has 0 N–H and O–H groups in total. The van der Waals surface area contributed by atoms with Gasteiger partial charge in [0.2, 0.25) is 0 Å². The molecule has 0 bridgehead atoms. The molecule has 1 aliphatic carbocycles. The topological polar surface area (TPSA) is 90.5 Å². The zero-order chi connectivity index (χ0) is 20.4. The molecule has 4 rings (SSSR count). The Morgan fingerprint density at radius 2 is 1.90 bits per heavy atom. The molecule has 8 heteroatoms. The first-order valence-corrected chi connectivity index (χ1v) is 9.10.